The van der Waals surface area contributed by atoms with Crippen LogP contribution < -0.4 is 11.1 Å². The number of nitrogens with zero attached hydrogens (tertiary/aromatic N) is 1. The number of piperidine rings is 1. The molecule has 0 aromatic carbocycles. The third-order valence-corrected chi connectivity index (χ3v) is 3.94. The third kappa shape index (κ3) is 4.94. The van der Waals surface area contributed by atoms with Gasteiger partial charge in [0.2, 0.25) is 5.91 Å². The van der Waals surface area contributed by atoms with Crippen LogP contribution in [0, 0.1) is 11.8 Å². The Morgan fingerprint density at radius 2 is 2.00 bits per heavy atom. The molecule has 1 atom stereocenters. The Balaban J connectivity index is 2.42. The fraction of sp³-hybridized carbons (Fsp3) is 0.929. The van der Waals surface area contributed by atoms with E-state index in [4.69, 9.17) is 5.73 Å². The fourth-order valence-corrected chi connectivity index (χ4v) is 2.58. The van der Waals surface area contributed by atoms with Crippen molar-refractivity contribution in [2.45, 2.75) is 46.1 Å². The van der Waals surface area contributed by atoms with Gasteiger partial charge in [-0.15, -0.1) is 0 Å². The van der Waals surface area contributed by atoms with Gasteiger partial charge in [-0.1, -0.05) is 20.8 Å². The van der Waals surface area contributed by atoms with Crippen LogP contribution in [-0.4, -0.2) is 43.0 Å². The van der Waals surface area contributed by atoms with Gasteiger partial charge in [0.1, 0.15) is 0 Å². The molecule has 1 amide bonds. The van der Waals surface area contributed by atoms with Gasteiger partial charge >= 0.3 is 0 Å². The maximum Gasteiger partial charge on any atom is 0.221 e. The van der Waals surface area contributed by atoms with Crippen LogP contribution in [0.25, 0.3) is 0 Å². The van der Waals surface area contributed by atoms with Crippen molar-refractivity contribution in [1.82, 2.24) is 10.2 Å². The highest BCUT2D eigenvalue weighted by atomic mass is 16.1. The Kier molecular flexibility index (Phi) is 6.65. The Hall–Kier alpha value is -0.610. The molecule has 1 saturated heterocycles. The van der Waals surface area contributed by atoms with Gasteiger partial charge < -0.3 is 11.1 Å². The molecule has 0 radical (unpaired) electrons. The minimum Gasteiger partial charge on any atom is -0.354 e. The minimum atomic E-state index is 0.0773. The van der Waals surface area contributed by atoms with Gasteiger partial charge in [-0.3, -0.25) is 9.69 Å². The minimum absolute atomic E-state index is 0.0773. The summed E-state index contributed by atoms with van der Waals surface area (Å²) in [6.07, 6.45) is 2.99. The average Bonchev–Trinajstić information content (AvgIpc) is 2.31. The predicted octanol–water partition coefficient (Wildman–Crippen LogP) is 1.21. The number of nitrogens with two attached hydrogens (primary N) is 1. The van der Waals surface area contributed by atoms with E-state index < -0.39 is 0 Å². The van der Waals surface area contributed by atoms with Crippen molar-refractivity contribution in [2.24, 2.45) is 17.6 Å². The summed E-state index contributed by atoms with van der Waals surface area (Å²) in [6.45, 7) is 10.3. The summed E-state index contributed by atoms with van der Waals surface area (Å²) in [5, 5.41) is 3.01. The average molecular weight is 255 g/mol. The van der Waals surface area contributed by atoms with Crippen molar-refractivity contribution in [2.75, 3.05) is 26.2 Å². The van der Waals surface area contributed by atoms with Gasteiger partial charge in [-0.2, -0.15) is 0 Å². The van der Waals surface area contributed by atoms with Crippen LogP contribution in [0.15, 0.2) is 0 Å². The van der Waals surface area contributed by atoms with Crippen molar-refractivity contribution in [3.05, 3.63) is 0 Å². The zero-order valence-corrected chi connectivity index (χ0v) is 12.1. The topological polar surface area (TPSA) is 58.4 Å². The first-order chi connectivity index (χ1) is 8.54. The second-order valence-electron chi connectivity index (χ2n) is 5.87. The van der Waals surface area contributed by atoms with Crippen molar-refractivity contribution < 1.29 is 4.79 Å². The standard InChI is InChI=1S/C14H29N3O/c1-11(2)13(10-16-14(18)4-7-15)17-8-5-12(3)6-9-17/h11-13H,4-10,15H2,1-3H3,(H,16,18). The summed E-state index contributed by atoms with van der Waals surface area (Å²) in [6, 6.07) is 0.458. The van der Waals surface area contributed by atoms with E-state index in [-0.39, 0.29) is 5.91 Å². The SMILES string of the molecule is CC1CCN(C(CNC(=O)CCN)C(C)C)CC1. The Morgan fingerprint density at radius 3 is 2.50 bits per heavy atom. The van der Waals surface area contributed by atoms with Crippen LogP contribution in [0.3, 0.4) is 0 Å². The van der Waals surface area contributed by atoms with Crippen molar-refractivity contribution in [1.29, 1.82) is 0 Å². The van der Waals surface area contributed by atoms with E-state index in [2.05, 4.69) is 31.0 Å². The lowest BCUT2D eigenvalue weighted by Crippen LogP contribution is -2.49. The van der Waals surface area contributed by atoms with Crippen LogP contribution in [0.1, 0.15) is 40.0 Å². The predicted molar refractivity (Wildman–Crippen MR) is 75.3 cm³/mol. The van der Waals surface area contributed by atoms with E-state index in [0.29, 0.717) is 24.9 Å². The highest BCUT2D eigenvalue weighted by molar-refractivity contribution is 5.76. The van der Waals surface area contributed by atoms with Crippen molar-refractivity contribution >= 4 is 5.91 Å². The lowest BCUT2D eigenvalue weighted by atomic mass is 9.94. The first-order valence-electron chi connectivity index (χ1n) is 7.25. The van der Waals surface area contributed by atoms with Crippen molar-refractivity contribution in [3.8, 4) is 0 Å². The van der Waals surface area contributed by atoms with Gasteiger partial charge in [0.05, 0.1) is 0 Å². The number of amides is 1. The summed E-state index contributed by atoms with van der Waals surface area (Å²) in [7, 11) is 0. The Bertz CT molecular complexity index is 247. The van der Waals surface area contributed by atoms with Crippen LogP contribution in [0.5, 0.6) is 0 Å². The molecule has 4 nitrogen and oxygen atoms in total. The molecule has 0 bridgehead atoms. The molecule has 0 spiro atoms. The maximum atomic E-state index is 11.5. The quantitative estimate of drug-likeness (QED) is 0.750. The molecular weight excluding hydrogens is 226 g/mol. The maximum absolute atomic E-state index is 11.5. The number of rotatable bonds is 6. The Morgan fingerprint density at radius 1 is 1.39 bits per heavy atom. The summed E-state index contributed by atoms with van der Waals surface area (Å²) >= 11 is 0. The molecule has 3 N–H and O–H groups in total. The van der Waals surface area contributed by atoms with Gasteiger partial charge in [0.15, 0.2) is 0 Å². The van der Waals surface area contributed by atoms with E-state index in [1.165, 1.54) is 12.8 Å². The second kappa shape index (κ2) is 7.74. The summed E-state index contributed by atoms with van der Waals surface area (Å²) in [5.41, 5.74) is 5.38. The molecule has 4 heteroatoms. The van der Waals surface area contributed by atoms with Gasteiger partial charge in [-0.25, -0.2) is 0 Å². The molecule has 0 saturated carbocycles. The van der Waals surface area contributed by atoms with E-state index in [0.717, 1.165) is 25.6 Å². The van der Waals surface area contributed by atoms with Crippen molar-refractivity contribution in [3.63, 3.8) is 0 Å². The second-order valence-corrected chi connectivity index (χ2v) is 5.87. The molecule has 1 aliphatic rings. The molecule has 1 aliphatic heterocycles. The van der Waals surface area contributed by atoms with Crippen LogP contribution in [-0.2, 0) is 4.79 Å². The lowest BCUT2D eigenvalue weighted by Gasteiger charge is -2.38. The summed E-state index contributed by atoms with van der Waals surface area (Å²) in [4.78, 5) is 14.0. The fourth-order valence-electron chi connectivity index (χ4n) is 2.58. The summed E-state index contributed by atoms with van der Waals surface area (Å²) < 4.78 is 0. The van der Waals surface area contributed by atoms with Crippen LogP contribution in [0.4, 0.5) is 0 Å². The Labute approximate surface area is 111 Å². The number of nitrogens with one attached hydrogen (secondary N) is 1. The van der Waals surface area contributed by atoms with Gasteiger partial charge in [-0.05, 0) is 37.8 Å². The van der Waals surface area contributed by atoms with E-state index in [1.54, 1.807) is 0 Å². The van der Waals surface area contributed by atoms with Crippen LogP contribution >= 0.6 is 0 Å². The summed E-state index contributed by atoms with van der Waals surface area (Å²) in [5.74, 6) is 1.49. The van der Waals surface area contributed by atoms with E-state index >= 15 is 0 Å². The lowest BCUT2D eigenvalue weighted by molar-refractivity contribution is -0.121. The number of likely N-dealkylation sites (tertiary alicyclic amines) is 1. The number of hydrogen-bond donors (Lipinski definition) is 2. The number of carbonyl (C=O) groups is 1. The smallest absolute Gasteiger partial charge is 0.221 e. The van der Waals surface area contributed by atoms with E-state index in [1.807, 2.05) is 0 Å². The van der Waals surface area contributed by atoms with Gasteiger partial charge in [0.25, 0.3) is 0 Å². The molecule has 0 aromatic heterocycles. The molecule has 0 aromatic rings. The molecule has 0 aliphatic carbocycles. The molecule has 1 unspecified atom stereocenters. The third-order valence-electron chi connectivity index (χ3n) is 3.94. The molecule has 1 heterocycles. The molecular formula is C14H29N3O. The highest BCUT2D eigenvalue weighted by Crippen LogP contribution is 2.20. The zero-order chi connectivity index (χ0) is 13.5. The molecule has 1 fully saturated rings. The first kappa shape index (κ1) is 15.4. The largest absolute Gasteiger partial charge is 0.354 e. The monoisotopic (exact) mass is 255 g/mol. The normalized spacial score (nSPS) is 20.1. The zero-order valence-electron chi connectivity index (χ0n) is 12.1. The van der Waals surface area contributed by atoms with E-state index in [9.17, 15) is 4.79 Å². The molecule has 1 rings (SSSR count). The molecule has 106 valence electrons. The number of hydrogen-bond acceptors (Lipinski definition) is 3. The first-order valence-corrected chi connectivity index (χ1v) is 7.25. The van der Waals surface area contributed by atoms with Gasteiger partial charge in [0, 0.05) is 25.6 Å². The number of carbonyl (C=O) groups excluding carboxylic acids is 1. The highest BCUT2D eigenvalue weighted by Gasteiger charge is 2.25. The van der Waals surface area contributed by atoms with Crippen LogP contribution in [0.2, 0.25) is 0 Å². The molecule has 18 heavy (non-hydrogen) atoms.